The zero-order chi connectivity index (χ0) is 21.0. The molecule has 7 heteroatoms. The molecule has 0 radical (unpaired) electrons. The van der Waals surface area contributed by atoms with E-state index in [0.29, 0.717) is 0 Å². The minimum absolute atomic E-state index is 0.0228. The average molecular weight is 410 g/mol. The van der Waals surface area contributed by atoms with Gasteiger partial charge < -0.3 is 10.2 Å². The van der Waals surface area contributed by atoms with Crippen LogP contribution >= 0.6 is 0 Å². The second-order valence-corrected chi connectivity index (χ2v) is 7.69. The number of para-hydroxylation sites is 1. The third-order valence-corrected chi connectivity index (χ3v) is 5.66. The van der Waals surface area contributed by atoms with Crippen LogP contribution in [0.5, 0.6) is 0 Å². The number of rotatable bonds is 4. The summed E-state index contributed by atoms with van der Waals surface area (Å²) in [5, 5.41) is 12.8. The fraction of sp³-hybridized carbons (Fsp3) is 0.208. The van der Waals surface area contributed by atoms with Crippen LogP contribution in [0, 0.1) is 5.92 Å². The van der Waals surface area contributed by atoms with Gasteiger partial charge in [-0.25, -0.2) is 0 Å². The normalized spacial score (nSPS) is 14.5. The van der Waals surface area contributed by atoms with Gasteiger partial charge in [-0.05, 0) is 49.2 Å². The van der Waals surface area contributed by atoms with E-state index in [0.717, 1.165) is 59.6 Å². The average Bonchev–Trinajstić information content (AvgIpc) is 2.85. The van der Waals surface area contributed by atoms with Crippen LogP contribution in [-0.4, -0.2) is 39.2 Å². The smallest absolute Gasteiger partial charge is 0.227 e. The molecule has 4 aromatic rings. The third-order valence-electron chi connectivity index (χ3n) is 5.66. The Morgan fingerprint density at radius 2 is 1.84 bits per heavy atom. The summed E-state index contributed by atoms with van der Waals surface area (Å²) < 4.78 is 0. The van der Waals surface area contributed by atoms with E-state index in [1.54, 1.807) is 18.6 Å². The highest BCUT2D eigenvalue weighted by Gasteiger charge is 2.26. The molecular formula is C24H22N6O. The van der Waals surface area contributed by atoms with Gasteiger partial charge in [-0.3, -0.25) is 14.8 Å². The minimum Gasteiger partial charge on any atom is -0.355 e. The van der Waals surface area contributed by atoms with Crippen LogP contribution in [0.25, 0.3) is 22.2 Å². The Balaban J connectivity index is 1.19. The van der Waals surface area contributed by atoms with Gasteiger partial charge in [0.25, 0.3) is 0 Å². The zero-order valence-electron chi connectivity index (χ0n) is 17.0. The predicted octanol–water partition coefficient (Wildman–Crippen LogP) is 3.94. The molecule has 0 bridgehead atoms. The molecule has 31 heavy (non-hydrogen) atoms. The fourth-order valence-corrected chi connectivity index (χ4v) is 3.92. The van der Waals surface area contributed by atoms with E-state index >= 15 is 0 Å². The predicted molar refractivity (Wildman–Crippen MR) is 121 cm³/mol. The molecule has 1 amide bonds. The van der Waals surface area contributed by atoms with Crippen molar-refractivity contribution in [3.05, 3.63) is 73.2 Å². The summed E-state index contributed by atoms with van der Waals surface area (Å²) in [4.78, 5) is 23.5. The molecule has 0 aliphatic carbocycles. The highest BCUT2D eigenvalue weighted by atomic mass is 16.1. The van der Waals surface area contributed by atoms with Gasteiger partial charge in [-0.15, -0.1) is 10.2 Å². The molecule has 1 aromatic carbocycles. The van der Waals surface area contributed by atoms with Gasteiger partial charge in [0.1, 0.15) is 0 Å². The first-order chi connectivity index (χ1) is 15.3. The third kappa shape index (κ3) is 4.21. The molecule has 0 spiro atoms. The highest BCUT2D eigenvalue weighted by molar-refractivity contribution is 5.94. The maximum Gasteiger partial charge on any atom is 0.227 e. The quantitative estimate of drug-likeness (QED) is 0.549. The Morgan fingerprint density at radius 3 is 2.61 bits per heavy atom. The van der Waals surface area contributed by atoms with Gasteiger partial charge >= 0.3 is 0 Å². The Hall–Kier alpha value is -3.87. The first-order valence-corrected chi connectivity index (χ1v) is 10.4. The molecule has 1 saturated heterocycles. The summed E-state index contributed by atoms with van der Waals surface area (Å²) in [6.07, 6.45) is 6.79. The lowest BCUT2D eigenvalue weighted by Gasteiger charge is -2.31. The Labute approximate surface area is 180 Å². The molecule has 0 unspecified atom stereocenters. The van der Waals surface area contributed by atoms with Crippen molar-refractivity contribution in [1.29, 1.82) is 0 Å². The van der Waals surface area contributed by atoms with Crippen molar-refractivity contribution in [1.82, 2.24) is 20.2 Å². The summed E-state index contributed by atoms with van der Waals surface area (Å²) in [6, 6.07) is 17.6. The van der Waals surface area contributed by atoms with Gasteiger partial charge in [0.05, 0.1) is 23.1 Å². The number of pyridine rings is 2. The molecule has 0 saturated carbocycles. The SMILES string of the molecule is O=C(Nc1cnc2ccccc2c1)C1CCN(c2ccc(-c3cccnc3)nn2)CC1. The van der Waals surface area contributed by atoms with Crippen LogP contribution in [0.3, 0.4) is 0 Å². The lowest BCUT2D eigenvalue weighted by molar-refractivity contribution is -0.120. The lowest BCUT2D eigenvalue weighted by Crippen LogP contribution is -2.38. The molecule has 7 nitrogen and oxygen atoms in total. The largest absolute Gasteiger partial charge is 0.355 e. The van der Waals surface area contributed by atoms with Crippen molar-refractivity contribution >= 4 is 28.3 Å². The van der Waals surface area contributed by atoms with Crippen molar-refractivity contribution in [2.45, 2.75) is 12.8 Å². The first-order valence-electron chi connectivity index (χ1n) is 10.4. The molecule has 4 heterocycles. The molecule has 154 valence electrons. The molecule has 1 aliphatic rings. The van der Waals surface area contributed by atoms with Crippen molar-refractivity contribution in [2.75, 3.05) is 23.3 Å². The van der Waals surface area contributed by atoms with E-state index in [2.05, 4.69) is 30.4 Å². The fourth-order valence-electron chi connectivity index (χ4n) is 3.92. The summed E-state index contributed by atoms with van der Waals surface area (Å²) in [5.74, 6) is 0.866. The highest BCUT2D eigenvalue weighted by Crippen LogP contribution is 2.25. The van der Waals surface area contributed by atoms with Crippen LogP contribution in [0.2, 0.25) is 0 Å². The van der Waals surface area contributed by atoms with Crippen LogP contribution < -0.4 is 10.2 Å². The van der Waals surface area contributed by atoms with Crippen LogP contribution in [0.1, 0.15) is 12.8 Å². The van der Waals surface area contributed by atoms with Gasteiger partial charge in [0, 0.05) is 42.4 Å². The van der Waals surface area contributed by atoms with E-state index < -0.39 is 0 Å². The number of benzene rings is 1. The Morgan fingerprint density at radius 1 is 0.968 bits per heavy atom. The van der Waals surface area contributed by atoms with Crippen LogP contribution in [0.4, 0.5) is 11.5 Å². The number of anilines is 2. The molecule has 3 aromatic heterocycles. The van der Waals surface area contributed by atoms with Gasteiger partial charge in [0.2, 0.25) is 5.91 Å². The minimum atomic E-state index is -0.0228. The summed E-state index contributed by atoms with van der Waals surface area (Å²) in [7, 11) is 0. The van der Waals surface area contributed by atoms with Gasteiger partial charge in [0.15, 0.2) is 5.82 Å². The number of fused-ring (bicyclic) bond motifs is 1. The zero-order valence-corrected chi connectivity index (χ0v) is 17.0. The Bertz CT molecular complexity index is 1190. The van der Waals surface area contributed by atoms with Crippen LogP contribution in [-0.2, 0) is 4.79 Å². The number of carbonyl (C=O) groups is 1. The second kappa shape index (κ2) is 8.47. The van der Waals surface area contributed by atoms with Crippen LogP contribution in [0.15, 0.2) is 73.2 Å². The number of nitrogens with zero attached hydrogens (tertiary/aromatic N) is 5. The standard InChI is InChI=1S/C24H22N6O/c31-24(27-20-14-18-4-1-2-6-21(18)26-16-20)17-9-12-30(13-10-17)23-8-7-22(28-29-23)19-5-3-11-25-15-19/h1-8,11,14-17H,9-10,12-13H2,(H,27,31). The van der Waals surface area contributed by atoms with E-state index in [9.17, 15) is 4.79 Å². The molecule has 5 rings (SSSR count). The number of piperidine rings is 1. The first kappa shape index (κ1) is 19.1. The molecule has 1 N–H and O–H groups in total. The molecule has 0 atom stereocenters. The van der Waals surface area contributed by atoms with E-state index in [4.69, 9.17) is 0 Å². The van der Waals surface area contributed by atoms with Crippen molar-refractivity contribution in [3.8, 4) is 11.3 Å². The molecular weight excluding hydrogens is 388 g/mol. The number of amides is 1. The molecule has 1 fully saturated rings. The van der Waals surface area contributed by atoms with Crippen molar-refractivity contribution in [2.24, 2.45) is 5.92 Å². The summed E-state index contributed by atoms with van der Waals surface area (Å²) in [6.45, 7) is 1.55. The van der Waals surface area contributed by atoms with Gasteiger partial charge in [-0.1, -0.05) is 18.2 Å². The summed E-state index contributed by atoms with van der Waals surface area (Å²) >= 11 is 0. The number of hydrogen-bond acceptors (Lipinski definition) is 6. The Kier molecular flexibility index (Phi) is 5.22. The van der Waals surface area contributed by atoms with Gasteiger partial charge in [-0.2, -0.15) is 0 Å². The number of hydrogen-bond donors (Lipinski definition) is 1. The summed E-state index contributed by atoms with van der Waals surface area (Å²) in [5.41, 5.74) is 3.41. The van der Waals surface area contributed by atoms with E-state index in [1.165, 1.54) is 0 Å². The number of aromatic nitrogens is 4. The monoisotopic (exact) mass is 410 g/mol. The maximum atomic E-state index is 12.8. The maximum absolute atomic E-state index is 12.8. The van der Waals surface area contributed by atoms with Crippen molar-refractivity contribution < 1.29 is 4.79 Å². The van der Waals surface area contributed by atoms with E-state index in [-0.39, 0.29) is 11.8 Å². The second-order valence-electron chi connectivity index (χ2n) is 7.69. The number of carbonyl (C=O) groups excluding carboxylic acids is 1. The molecule has 1 aliphatic heterocycles. The lowest BCUT2D eigenvalue weighted by atomic mass is 9.96. The topological polar surface area (TPSA) is 83.9 Å². The number of nitrogens with one attached hydrogen (secondary N) is 1. The van der Waals surface area contributed by atoms with E-state index in [1.807, 2.05) is 54.6 Å². The van der Waals surface area contributed by atoms with Crippen molar-refractivity contribution in [3.63, 3.8) is 0 Å².